The second kappa shape index (κ2) is 15.9. The van der Waals surface area contributed by atoms with Crippen LogP contribution in [-0.4, -0.2) is 16.2 Å². The van der Waals surface area contributed by atoms with Crippen LogP contribution in [0.15, 0.2) is 146 Å². The van der Waals surface area contributed by atoms with Gasteiger partial charge in [-0.3, -0.25) is 4.57 Å². The van der Waals surface area contributed by atoms with Crippen molar-refractivity contribution in [2.24, 2.45) is 0 Å². The van der Waals surface area contributed by atoms with Crippen LogP contribution in [-0.2, 0) is 27.1 Å². The van der Waals surface area contributed by atoms with Gasteiger partial charge in [-0.1, -0.05) is 158 Å². The van der Waals surface area contributed by atoms with Gasteiger partial charge in [0.1, 0.15) is 24.0 Å². The fourth-order valence-electron chi connectivity index (χ4n) is 9.39. The Morgan fingerprint density at radius 2 is 0.985 bits per heavy atom. The van der Waals surface area contributed by atoms with Gasteiger partial charge in [0.15, 0.2) is 0 Å². The molecular formula is C61H68N4O. The molecule has 0 fully saturated rings. The van der Waals surface area contributed by atoms with Gasteiger partial charge in [0.2, 0.25) is 0 Å². The van der Waals surface area contributed by atoms with E-state index in [1.807, 2.05) is 6.20 Å². The van der Waals surface area contributed by atoms with E-state index in [4.69, 9.17) is 9.72 Å². The highest BCUT2D eigenvalue weighted by atomic mass is 16.5. The maximum absolute atomic E-state index is 7.12. The molecule has 2 aromatic heterocycles. The van der Waals surface area contributed by atoms with Gasteiger partial charge in [0.05, 0.1) is 22.4 Å². The molecule has 0 radical (unpaired) electrons. The monoisotopic (exact) mass is 873 g/mol. The third kappa shape index (κ3) is 8.38. The number of ether oxygens (including phenoxy) is 1. The lowest BCUT2D eigenvalue weighted by atomic mass is 9.78. The first kappa shape index (κ1) is 44.9. The average molecular weight is 873 g/mol. The summed E-state index contributed by atoms with van der Waals surface area (Å²) in [5.41, 5.74) is 14.1. The van der Waals surface area contributed by atoms with Crippen LogP contribution in [0.5, 0.6) is 11.5 Å². The summed E-state index contributed by atoms with van der Waals surface area (Å²) in [6.07, 6.45) is 1.94. The van der Waals surface area contributed by atoms with Crippen molar-refractivity contribution in [3.63, 3.8) is 0 Å². The molecule has 0 aliphatic carbocycles. The van der Waals surface area contributed by atoms with Gasteiger partial charge >= 0.3 is 0 Å². The van der Waals surface area contributed by atoms with Crippen LogP contribution in [0.2, 0.25) is 0 Å². The molecule has 0 saturated carbocycles. The summed E-state index contributed by atoms with van der Waals surface area (Å²) >= 11 is 0. The number of pyridine rings is 1. The quantitative estimate of drug-likeness (QED) is 0.160. The molecule has 6 aromatic carbocycles. The van der Waals surface area contributed by atoms with Gasteiger partial charge in [-0.2, -0.15) is 0 Å². The molecule has 338 valence electrons. The fraction of sp³-hybridized carbons (Fsp3) is 0.328. The van der Waals surface area contributed by atoms with E-state index in [-0.39, 0.29) is 27.1 Å². The second-order valence-electron chi connectivity index (χ2n) is 23.2. The minimum Gasteiger partial charge on any atom is -0.457 e. The first-order chi connectivity index (χ1) is 31.0. The lowest BCUT2D eigenvalue weighted by Gasteiger charge is -2.30. The molecule has 0 N–H and O–H groups in total. The zero-order valence-corrected chi connectivity index (χ0v) is 41.8. The van der Waals surface area contributed by atoms with Gasteiger partial charge in [-0.05, 0) is 122 Å². The topological polar surface area (TPSA) is 33.5 Å². The molecule has 0 spiro atoms. The summed E-state index contributed by atoms with van der Waals surface area (Å²) in [5, 5.41) is 2.35. The Labute approximate surface area is 394 Å². The van der Waals surface area contributed by atoms with Gasteiger partial charge < -0.3 is 14.5 Å². The van der Waals surface area contributed by atoms with Crippen LogP contribution in [0.4, 0.5) is 22.7 Å². The molecule has 8 aromatic rings. The zero-order valence-electron chi connectivity index (χ0n) is 41.8. The summed E-state index contributed by atoms with van der Waals surface area (Å²) < 4.78 is 9.41. The van der Waals surface area contributed by atoms with Crippen molar-refractivity contribution in [3.8, 4) is 17.3 Å². The summed E-state index contributed by atoms with van der Waals surface area (Å²) in [5.74, 6) is 2.46. The number of aromatic nitrogens is 2. The summed E-state index contributed by atoms with van der Waals surface area (Å²) in [6, 6.07) is 51.5. The van der Waals surface area contributed by atoms with Gasteiger partial charge in [0.25, 0.3) is 0 Å². The molecule has 0 amide bonds. The number of benzene rings is 6. The van der Waals surface area contributed by atoms with Crippen LogP contribution in [0.3, 0.4) is 0 Å². The van der Waals surface area contributed by atoms with Crippen molar-refractivity contribution in [1.29, 1.82) is 0 Å². The number of anilines is 4. The van der Waals surface area contributed by atoms with Gasteiger partial charge in [-0.15, -0.1) is 0 Å². The highest BCUT2D eigenvalue weighted by Gasteiger charge is 2.34. The van der Waals surface area contributed by atoms with Crippen molar-refractivity contribution in [3.05, 3.63) is 179 Å². The number of fused-ring (bicyclic) bond motifs is 4. The summed E-state index contributed by atoms with van der Waals surface area (Å²) in [6.45, 7) is 32.9. The highest BCUT2D eigenvalue weighted by Crippen LogP contribution is 2.49. The number of para-hydroxylation sites is 1. The maximum atomic E-state index is 7.12. The van der Waals surface area contributed by atoms with E-state index in [0.717, 1.165) is 39.4 Å². The first-order valence-electron chi connectivity index (χ1n) is 23.7. The van der Waals surface area contributed by atoms with Crippen molar-refractivity contribution in [2.75, 3.05) is 16.5 Å². The van der Waals surface area contributed by atoms with E-state index in [2.05, 4.69) is 251 Å². The van der Waals surface area contributed by atoms with Crippen LogP contribution in [0, 0.1) is 0 Å². The standard InChI is InChI=1S/C61H68N4O/c1-57(2,3)41-24-27-53-55(35-41)64(46-31-43(59(7,8)9)30-44(32-46)60(10,11)12)39-63(53)47-33-45(61(13,14)40-20-16-15-17-21-40)34-49(37-47)66-48-25-26-51-50-22-18-19-23-52(50)65(54(51)38-48)56-36-42(28-29-62-56)58(4,5)6/h15-38H,39H2,1-14H3. The molecule has 1 aliphatic heterocycles. The Bertz CT molecular complexity index is 3080. The van der Waals surface area contributed by atoms with Crippen molar-refractivity contribution in [1.82, 2.24) is 9.55 Å². The zero-order chi connectivity index (χ0) is 47.1. The Kier molecular flexibility index (Phi) is 10.8. The van der Waals surface area contributed by atoms with E-state index in [0.29, 0.717) is 6.67 Å². The molecule has 0 saturated heterocycles. The average Bonchev–Trinajstić information content (AvgIpc) is 3.81. The molecule has 5 heteroatoms. The van der Waals surface area contributed by atoms with E-state index in [1.54, 1.807) is 0 Å². The molecule has 1 aliphatic rings. The Morgan fingerprint density at radius 3 is 1.65 bits per heavy atom. The molecule has 66 heavy (non-hydrogen) atoms. The molecule has 3 heterocycles. The van der Waals surface area contributed by atoms with Crippen LogP contribution < -0.4 is 14.5 Å². The molecule has 0 unspecified atom stereocenters. The fourth-order valence-corrected chi connectivity index (χ4v) is 9.39. The third-order valence-electron chi connectivity index (χ3n) is 13.8. The minimum atomic E-state index is -0.323. The number of hydrogen-bond acceptors (Lipinski definition) is 4. The molecule has 9 rings (SSSR count). The van der Waals surface area contributed by atoms with Crippen molar-refractivity contribution in [2.45, 2.75) is 124 Å². The minimum absolute atomic E-state index is 0.0144. The predicted octanol–water partition coefficient (Wildman–Crippen LogP) is 16.7. The molecule has 5 nitrogen and oxygen atoms in total. The number of rotatable bonds is 7. The van der Waals surface area contributed by atoms with E-state index < -0.39 is 0 Å². The van der Waals surface area contributed by atoms with Gasteiger partial charge in [0, 0.05) is 45.9 Å². The number of hydrogen-bond donors (Lipinski definition) is 0. The Hall–Kier alpha value is -6.33. The lowest BCUT2D eigenvalue weighted by Crippen LogP contribution is -2.26. The summed E-state index contributed by atoms with van der Waals surface area (Å²) in [4.78, 5) is 9.95. The Balaban J connectivity index is 1.21. The van der Waals surface area contributed by atoms with E-state index >= 15 is 0 Å². The largest absolute Gasteiger partial charge is 0.457 e. The van der Waals surface area contributed by atoms with Gasteiger partial charge in [-0.25, -0.2) is 4.98 Å². The van der Waals surface area contributed by atoms with Crippen molar-refractivity contribution < 1.29 is 4.74 Å². The summed E-state index contributed by atoms with van der Waals surface area (Å²) in [7, 11) is 0. The maximum Gasteiger partial charge on any atom is 0.137 e. The third-order valence-corrected chi connectivity index (χ3v) is 13.8. The highest BCUT2D eigenvalue weighted by molar-refractivity contribution is 6.09. The predicted molar refractivity (Wildman–Crippen MR) is 280 cm³/mol. The molecular weight excluding hydrogens is 805 g/mol. The van der Waals surface area contributed by atoms with E-state index in [9.17, 15) is 0 Å². The van der Waals surface area contributed by atoms with Crippen LogP contribution >= 0.6 is 0 Å². The van der Waals surface area contributed by atoms with Crippen LogP contribution in [0.25, 0.3) is 27.6 Å². The number of nitrogens with zero attached hydrogens (tertiary/aromatic N) is 4. The first-order valence-corrected chi connectivity index (χ1v) is 23.7. The van der Waals surface area contributed by atoms with Crippen LogP contribution in [0.1, 0.15) is 130 Å². The normalized spacial score (nSPS) is 13.8. The van der Waals surface area contributed by atoms with E-state index in [1.165, 1.54) is 55.8 Å². The second-order valence-corrected chi connectivity index (χ2v) is 23.2. The lowest BCUT2D eigenvalue weighted by molar-refractivity contribution is 0.480. The molecule has 0 bridgehead atoms. The molecule has 0 atom stereocenters. The SMILES string of the molecule is CC(C)(C)c1cc(N2CN(c3cc(Oc4ccc5c6ccccc6n(-c6cc(C(C)(C)C)ccn6)c5c4)cc(C(C)(C)c4ccccc4)c3)c3ccc(C(C)(C)C)cc32)cc(C(C)(C)C)c1. The smallest absolute Gasteiger partial charge is 0.137 e. The Morgan fingerprint density at radius 1 is 0.409 bits per heavy atom. The van der Waals surface area contributed by atoms with Crippen molar-refractivity contribution >= 4 is 44.6 Å².